The summed E-state index contributed by atoms with van der Waals surface area (Å²) in [5.41, 5.74) is 3.42. The fourth-order valence-corrected chi connectivity index (χ4v) is 2.16. The Labute approximate surface area is 119 Å². The van der Waals surface area contributed by atoms with Crippen LogP contribution in [0.3, 0.4) is 0 Å². The third-order valence-electron chi connectivity index (χ3n) is 3.44. The molecule has 0 radical (unpaired) electrons. The minimum absolute atomic E-state index is 0.416. The molecule has 20 heavy (non-hydrogen) atoms. The average molecular weight is 266 g/mol. The van der Waals surface area contributed by atoms with Gasteiger partial charge in [0.25, 0.3) is 0 Å². The van der Waals surface area contributed by atoms with Gasteiger partial charge in [0, 0.05) is 12.7 Å². The first-order valence-corrected chi connectivity index (χ1v) is 6.68. The summed E-state index contributed by atoms with van der Waals surface area (Å²) < 4.78 is 0. The first kappa shape index (κ1) is 14.1. The van der Waals surface area contributed by atoms with Gasteiger partial charge in [0.15, 0.2) is 0 Å². The van der Waals surface area contributed by atoms with Crippen molar-refractivity contribution in [1.82, 2.24) is 0 Å². The van der Waals surface area contributed by atoms with Gasteiger partial charge < -0.3 is 10.0 Å². The van der Waals surface area contributed by atoms with E-state index in [0.29, 0.717) is 12.0 Å². The molecular formula is C17H18N2O. The molecule has 3 heteroatoms. The number of aliphatic hydroxyl groups excluding tert-OH is 1. The highest BCUT2D eigenvalue weighted by Gasteiger charge is 2.10. The van der Waals surface area contributed by atoms with Crippen LogP contribution in [0.5, 0.6) is 0 Å². The normalized spacial score (nSPS) is 11.7. The number of para-hydroxylation sites is 1. The highest BCUT2D eigenvalue weighted by Crippen LogP contribution is 2.28. The van der Waals surface area contributed by atoms with E-state index in [1.54, 1.807) is 6.07 Å². The fraction of sp³-hybridized carbons (Fsp3) is 0.235. The lowest BCUT2D eigenvalue weighted by Crippen LogP contribution is -2.11. The van der Waals surface area contributed by atoms with Crippen molar-refractivity contribution in [2.45, 2.75) is 19.4 Å². The zero-order valence-electron chi connectivity index (χ0n) is 11.7. The summed E-state index contributed by atoms with van der Waals surface area (Å²) in [7, 11) is 1.93. The zero-order valence-corrected chi connectivity index (χ0v) is 11.7. The molecule has 0 aliphatic carbocycles. The topological polar surface area (TPSA) is 47.3 Å². The van der Waals surface area contributed by atoms with Gasteiger partial charge in [-0.05, 0) is 36.2 Å². The lowest BCUT2D eigenvalue weighted by atomic mass is 10.1. The fourth-order valence-electron chi connectivity index (χ4n) is 2.16. The number of benzene rings is 2. The minimum atomic E-state index is -0.416. The number of nitriles is 1. The predicted molar refractivity (Wildman–Crippen MR) is 80.9 cm³/mol. The van der Waals surface area contributed by atoms with Gasteiger partial charge in [-0.15, -0.1) is 0 Å². The third kappa shape index (κ3) is 2.81. The molecule has 0 aliphatic heterocycles. The highest BCUT2D eigenvalue weighted by molar-refractivity contribution is 5.68. The molecule has 3 nitrogen and oxygen atoms in total. The second kappa shape index (κ2) is 6.23. The van der Waals surface area contributed by atoms with Crippen LogP contribution in [0.25, 0.3) is 0 Å². The number of rotatable bonds is 4. The van der Waals surface area contributed by atoms with Crippen LogP contribution in [0.2, 0.25) is 0 Å². The molecule has 0 bridgehead atoms. The maximum absolute atomic E-state index is 9.80. The van der Waals surface area contributed by atoms with Crippen LogP contribution in [0.1, 0.15) is 30.6 Å². The van der Waals surface area contributed by atoms with Gasteiger partial charge in [-0.25, -0.2) is 0 Å². The maximum Gasteiger partial charge on any atom is 0.101 e. The Kier molecular flexibility index (Phi) is 4.39. The summed E-state index contributed by atoms with van der Waals surface area (Å²) in [6.07, 6.45) is 0.285. The van der Waals surface area contributed by atoms with Gasteiger partial charge in [0.05, 0.1) is 17.4 Å². The van der Waals surface area contributed by atoms with Crippen LogP contribution < -0.4 is 4.90 Å². The van der Waals surface area contributed by atoms with Crippen LogP contribution in [-0.4, -0.2) is 12.2 Å². The lowest BCUT2D eigenvalue weighted by Gasteiger charge is -2.21. The van der Waals surface area contributed by atoms with Gasteiger partial charge in [0.1, 0.15) is 6.07 Å². The number of hydrogen-bond acceptors (Lipinski definition) is 3. The van der Waals surface area contributed by atoms with Gasteiger partial charge in [0.2, 0.25) is 0 Å². The number of anilines is 2. The second-order valence-electron chi connectivity index (χ2n) is 4.70. The van der Waals surface area contributed by atoms with Crippen LogP contribution in [0.4, 0.5) is 11.4 Å². The SMILES string of the molecule is CC[C@H](O)c1ccc(N(C)c2ccccc2C#N)cc1. The monoisotopic (exact) mass is 266 g/mol. The number of nitrogens with zero attached hydrogens (tertiary/aromatic N) is 2. The summed E-state index contributed by atoms with van der Waals surface area (Å²) in [6.45, 7) is 1.95. The van der Waals surface area contributed by atoms with E-state index in [1.165, 1.54) is 0 Å². The second-order valence-corrected chi connectivity index (χ2v) is 4.70. The first-order chi connectivity index (χ1) is 9.67. The lowest BCUT2D eigenvalue weighted by molar-refractivity contribution is 0.173. The molecule has 0 spiro atoms. The molecule has 0 fully saturated rings. The van der Waals surface area contributed by atoms with Crippen molar-refractivity contribution in [2.75, 3.05) is 11.9 Å². The van der Waals surface area contributed by atoms with E-state index in [1.807, 2.05) is 61.3 Å². The molecule has 102 valence electrons. The van der Waals surface area contributed by atoms with E-state index in [4.69, 9.17) is 5.26 Å². The summed E-state index contributed by atoms with van der Waals surface area (Å²) in [5.74, 6) is 0. The van der Waals surface area contributed by atoms with Crippen molar-refractivity contribution in [3.8, 4) is 6.07 Å². The summed E-state index contributed by atoms with van der Waals surface area (Å²) in [4.78, 5) is 1.97. The van der Waals surface area contributed by atoms with E-state index in [9.17, 15) is 5.11 Å². The van der Waals surface area contributed by atoms with Crippen molar-refractivity contribution in [2.24, 2.45) is 0 Å². The van der Waals surface area contributed by atoms with E-state index >= 15 is 0 Å². The summed E-state index contributed by atoms with van der Waals surface area (Å²) in [6, 6.07) is 17.5. The Morgan fingerprint density at radius 2 is 1.80 bits per heavy atom. The zero-order chi connectivity index (χ0) is 14.5. The van der Waals surface area contributed by atoms with Gasteiger partial charge in [-0.2, -0.15) is 5.26 Å². The van der Waals surface area contributed by atoms with Crippen LogP contribution in [-0.2, 0) is 0 Å². The molecule has 0 heterocycles. The average Bonchev–Trinajstić information content (AvgIpc) is 2.53. The van der Waals surface area contributed by atoms with Crippen molar-refractivity contribution in [3.05, 3.63) is 59.7 Å². The smallest absolute Gasteiger partial charge is 0.101 e. The van der Waals surface area contributed by atoms with Crippen molar-refractivity contribution in [1.29, 1.82) is 5.26 Å². The molecular weight excluding hydrogens is 248 g/mol. The Balaban J connectivity index is 2.30. The number of aliphatic hydroxyl groups is 1. The molecule has 2 aromatic rings. The van der Waals surface area contributed by atoms with E-state index in [2.05, 4.69) is 6.07 Å². The van der Waals surface area contributed by atoms with Crippen molar-refractivity contribution >= 4 is 11.4 Å². The van der Waals surface area contributed by atoms with E-state index in [-0.39, 0.29) is 0 Å². The van der Waals surface area contributed by atoms with E-state index < -0.39 is 6.10 Å². The van der Waals surface area contributed by atoms with Crippen LogP contribution in [0.15, 0.2) is 48.5 Å². The standard InChI is InChI=1S/C17H18N2O/c1-3-17(20)13-8-10-15(11-9-13)19(2)16-7-5-4-6-14(16)12-18/h4-11,17,20H,3H2,1-2H3/t17-/m0/s1. The number of hydrogen-bond donors (Lipinski definition) is 1. The van der Waals surface area contributed by atoms with Crippen LogP contribution in [0, 0.1) is 11.3 Å². The van der Waals surface area contributed by atoms with Gasteiger partial charge >= 0.3 is 0 Å². The molecule has 2 rings (SSSR count). The molecule has 0 amide bonds. The molecule has 0 aliphatic rings. The van der Waals surface area contributed by atoms with Crippen molar-refractivity contribution < 1.29 is 5.11 Å². The third-order valence-corrected chi connectivity index (χ3v) is 3.44. The molecule has 1 N–H and O–H groups in total. The van der Waals surface area contributed by atoms with Crippen molar-refractivity contribution in [3.63, 3.8) is 0 Å². The Hall–Kier alpha value is -2.31. The van der Waals surface area contributed by atoms with Gasteiger partial charge in [-0.1, -0.05) is 31.2 Å². The molecule has 0 unspecified atom stereocenters. The quantitative estimate of drug-likeness (QED) is 0.916. The first-order valence-electron chi connectivity index (χ1n) is 6.68. The maximum atomic E-state index is 9.80. The summed E-state index contributed by atoms with van der Waals surface area (Å²) in [5, 5.41) is 19.0. The summed E-state index contributed by atoms with van der Waals surface area (Å²) >= 11 is 0. The highest BCUT2D eigenvalue weighted by atomic mass is 16.3. The Morgan fingerprint density at radius 1 is 1.15 bits per heavy atom. The molecule has 0 aromatic heterocycles. The Morgan fingerprint density at radius 3 is 2.40 bits per heavy atom. The largest absolute Gasteiger partial charge is 0.388 e. The molecule has 1 atom stereocenters. The predicted octanol–water partition coefficient (Wildman–Crippen LogP) is 3.77. The van der Waals surface area contributed by atoms with Crippen LogP contribution >= 0.6 is 0 Å². The molecule has 0 saturated carbocycles. The molecule has 2 aromatic carbocycles. The minimum Gasteiger partial charge on any atom is -0.388 e. The Bertz CT molecular complexity index is 614. The van der Waals surface area contributed by atoms with Gasteiger partial charge in [-0.3, -0.25) is 0 Å². The molecule has 0 saturated heterocycles. The van der Waals surface area contributed by atoms with E-state index in [0.717, 1.165) is 16.9 Å².